The molecule has 4 aromatic rings. The van der Waals surface area contributed by atoms with Crippen molar-refractivity contribution in [2.75, 3.05) is 12.4 Å². The maximum absolute atomic E-state index is 11.8. The number of aliphatic carboxylic acids is 1. The maximum atomic E-state index is 11.8. The molecule has 1 aromatic heterocycles. The number of para-hydroxylation sites is 1. The lowest BCUT2D eigenvalue weighted by Gasteiger charge is -2.21. The van der Waals surface area contributed by atoms with Gasteiger partial charge in [0, 0.05) is 16.1 Å². The number of ether oxygens (including phenoxy) is 2. The molecule has 2 N–H and O–H groups in total. The minimum atomic E-state index is -0.993. The number of unbranched alkanes of at least 4 members (excludes halogenated alkanes) is 1. The van der Waals surface area contributed by atoms with Crippen LogP contribution in [0.25, 0.3) is 17.0 Å². The van der Waals surface area contributed by atoms with Gasteiger partial charge in [-0.25, -0.2) is 9.78 Å². The number of pyridine rings is 1. The molecule has 0 fully saturated rings. The van der Waals surface area contributed by atoms with Gasteiger partial charge < -0.3 is 19.9 Å². The summed E-state index contributed by atoms with van der Waals surface area (Å²) in [7, 11) is 1.54. The van der Waals surface area contributed by atoms with Crippen LogP contribution < -0.4 is 14.8 Å². The van der Waals surface area contributed by atoms with Crippen LogP contribution in [0.1, 0.15) is 43.5 Å². The average molecular weight is 531 g/mol. The van der Waals surface area contributed by atoms with E-state index in [2.05, 4.69) is 5.32 Å². The van der Waals surface area contributed by atoms with Gasteiger partial charge in [0.15, 0.2) is 17.6 Å². The number of carboxylic acid groups (broad SMARTS) is 1. The first-order valence-electron chi connectivity index (χ1n) is 12.6. The molecule has 1 heterocycles. The van der Waals surface area contributed by atoms with Crippen molar-refractivity contribution in [3.8, 4) is 11.5 Å². The fraction of sp³-hybridized carbons (Fsp3) is 0.226. The maximum Gasteiger partial charge on any atom is 0.344 e. The third-order valence-electron chi connectivity index (χ3n) is 6.14. The van der Waals surface area contributed by atoms with Crippen molar-refractivity contribution in [2.24, 2.45) is 0 Å². The highest BCUT2D eigenvalue weighted by Gasteiger charge is 2.22. The summed E-state index contributed by atoms with van der Waals surface area (Å²) in [5, 5.41) is 14.9. The molecule has 6 nitrogen and oxygen atoms in total. The third-order valence-corrected chi connectivity index (χ3v) is 6.38. The summed E-state index contributed by atoms with van der Waals surface area (Å²) in [6, 6.07) is 24.8. The molecule has 4 rings (SSSR count). The lowest BCUT2D eigenvalue weighted by Crippen LogP contribution is -2.27. The summed E-state index contributed by atoms with van der Waals surface area (Å²) in [4.78, 5) is 16.6. The van der Waals surface area contributed by atoms with Gasteiger partial charge in [0.2, 0.25) is 0 Å². The zero-order chi connectivity index (χ0) is 26.9. The van der Waals surface area contributed by atoms with E-state index in [4.69, 9.17) is 26.1 Å². The Kier molecular flexibility index (Phi) is 9.22. The zero-order valence-electron chi connectivity index (χ0n) is 21.4. The predicted octanol–water partition coefficient (Wildman–Crippen LogP) is 7.79. The number of halogens is 1. The van der Waals surface area contributed by atoms with Crippen molar-refractivity contribution >= 4 is 40.2 Å². The topological polar surface area (TPSA) is 80.7 Å². The molecule has 0 radical (unpaired) electrons. The van der Waals surface area contributed by atoms with Gasteiger partial charge in [-0.15, -0.1) is 0 Å². The Labute approximate surface area is 227 Å². The normalized spacial score (nSPS) is 12.8. The Hall–Kier alpha value is -4.03. The lowest BCUT2D eigenvalue weighted by molar-refractivity contribution is -0.145. The van der Waals surface area contributed by atoms with E-state index < -0.39 is 12.1 Å². The summed E-state index contributed by atoms with van der Waals surface area (Å²) in [5.41, 5.74) is 3.42. The number of nitrogens with one attached hydrogen (secondary N) is 1. The molecule has 0 bridgehead atoms. The van der Waals surface area contributed by atoms with E-state index in [0.717, 1.165) is 40.7 Å². The Balaban J connectivity index is 1.68. The van der Waals surface area contributed by atoms with Gasteiger partial charge in [0.05, 0.1) is 24.4 Å². The second-order valence-electron chi connectivity index (χ2n) is 8.92. The van der Waals surface area contributed by atoms with Crippen LogP contribution in [0, 0.1) is 0 Å². The number of anilines is 1. The highest BCUT2D eigenvalue weighted by molar-refractivity contribution is 6.31. The van der Waals surface area contributed by atoms with Gasteiger partial charge in [-0.1, -0.05) is 67.4 Å². The van der Waals surface area contributed by atoms with Crippen molar-refractivity contribution in [2.45, 2.75) is 38.3 Å². The predicted molar refractivity (Wildman–Crippen MR) is 153 cm³/mol. The zero-order valence-corrected chi connectivity index (χ0v) is 22.2. The van der Waals surface area contributed by atoms with E-state index in [1.54, 1.807) is 13.2 Å². The first-order valence-corrected chi connectivity index (χ1v) is 13.0. The molecule has 0 aliphatic carbocycles. The Morgan fingerprint density at radius 2 is 1.84 bits per heavy atom. The van der Waals surface area contributed by atoms with Crippen molar-refractivity contribution in [3.63, 3.8) is 0 Å². The van der Waals surface area contributed by atoms with Crippen LogP contribution in [-0.4, -0.2) is 29.3 Å². The summed E-state index contributed by atoms with van der Waals surface area (Å²) < 4.78 is 11.4. The number of hydrogen-bond acceptors (Lipinski definition) is 5. The molecule has 7 heteroatoms. The smallest absolute Gasteiger partial charge is 0.344 e. The molecule has 196 valence electrons. The fourth-order valence-electron chi connectivity index (χ4n) is 4.10. The first-order chi connectivity index (χ1) is 18.5. The molecule has 0 spiro atoms. The quantitative estimate of drug-likeness (QED) is 0.194. The number of hydrogen-bond donors (Lipinski definition) is 2. The summed E-state index contributed by atoms with van der Waals surface area (Å²) in [6.07, 6.45) is 5.07. The number of benzene rings is 3. The average Bonchev–Trinajstić information content (AvgIpc) is 2.93. The number of rotatable bonds is 12. The standard InChI is InChI=1S/C31H31ClN2O4/c1-3-4-10-29(31(35)36)38-30-19-22(13-18-28(30)37-2)26(33-24-8-6-5-7-9-24)17-16-25-15-12-21-11-14-23(32)20-27(21)34-25/h5-9,11-20,26,29,33H,3-4,10H2,1-2H3,(H,35,36). The number of carbonyl (C=O) groups is 1. The molecule has 0 aliphatic rings. The van der Waals surface area contributed by atoms with Crippen molar-refractivity contribution in [1.29, 1.82) is 0 Å². The highest BCUT2D eigenvalue weighted by atomic mass is 35.5. The Morgan fingerprint density at radius 1 is 1.05 bits per heavy atom. The van der Waals surface area contributed by atoms with E-state index in [0.29, 0.717) is 22.9 Å². The second-order valence-corrected chi connectivity index (χ2v) is 9.35. The van der Waals surface area contributed by atoms with E-state index in [1.165, 1.54) is 0 Å². The van der Waals surface area contributed by atoms with Crippen LogP contribution >= 0.6 is 11.6 Å². The van der Waals surface area contributed by atoms with E-state index in [9.17, 15) is 9.90 Å². The molecule has 2 unspecified atom stereocenters. The number of methoxy groups -OCH3 is 1. The number of fused-ring (bicyclic) bond motifs is 1. The molecule has 3 aromatic carbocycles. The molecule has 38 heavy (non-hydrogen) atoms. The van der Waals surface area contributed by atoms with E-state index >= 15 is 0 Å². The molecule has 0 saturated heterocycles. The van der Waals surface area contributed by atoms with Crippen LogP contribution in [-0.2, 0) is 4.79 Å². The number of nitrogens with zero attached hydrogens (tertiary/aromatic N) is 1. The summed E-state index contributed by atoms with van der Waals surface area (Å²) in [5.74, 6) is -0.125. The van der Waals surface area contributed by atoms with E-state index in [-0.39, 0.29) is 6.04 Å². The first kappa shape index (κ1) is 27.0. The minimum absolute atomic E-state index is 0.263. The monoisotopic (exact) mass is 530 g/mol. The Bertz CT molecular complexity index is 1410. The lowest BCUT2D eigenvalue weighted by atomic mass is 10.0. The van der Waals surface area contributed by atoms with Gasteiger partial charge in [0.25, 0.3) is 0 Å². The van der Waals surface area contributed by atoms with Crippen LogP contribution in [0.4, 0.5) is 5.69 Å². The third kappa shape index (κ3) is 7.05. The summed E-state index contributed by atoms with van der Waals surface area (Å²) >= 11 is 6.16. The minimum Gasteiger partial charge on any atom is -0.493 e. The van der Waals surface area contributed by atoms with Gasteiger partial charge in [-0.2, -0.15) is 0 Å². The molecule has 2 atom stereocenters. The van der Waals surface area contributed by atoms with Crippen LogP contribution in [0.15, 0.2) is 84.9 Å². The number of carboxylic acids is 1. The largest absolute Gasteiger partial charge is 0.493 e. The van der Waals surface area contributed by atoms with Crippen molar-refractivity contribution in [3.05, 3.63) is 101 Å². The van der Waals surface area contributed by atoms with Crippen LogP contribution in [0.3, 0.4) is 0 Å². The number of aromatic nitrogens is 1. The molecular weight excluding hydrogens is 500 g/mol. The molecule has 0 saturated carbocycles. The van der Waals surface area contributed by atoms with Gasteiger partial charge in [0.1, 0.15) is 0 Å². The Morgan fingerprint density at radius 3 is 2.58 bits per heavy atom. The van der Waals surface area contributed by atoms with Gasteiger partial charge in [-0.3, -0.25) is 0 Å². The SMILES string of the molecule is CCCCC(Oc1cc(C(C=Cc2ccc3ccc(Cl)cc3n2)Nc2ccccc2)ccc1OC)C(=O)O. The van der Waals surface area contributed by atoms with Gasteiger partial charge in [-0.05, 0) is 66.9 Å². The molecular formula is C31H31ClN2O4. The van der Waals surface area contributed by atoms with Crippen molar-refractivity contribution < 1.29 is 19.4 Å². The second kappa shape index (κ2) is 13.0. The molecule has 0 amide bonds. The van der Waals surface area contributed by atoms with Crippen LogP contribution in [0.5, 0.6) is 11.5 Å². The fourth-order valence-corrected chi connectivity index (χ4v) is 4.27. The summed E-state index contributed by atoms with van der Waals surface area (Å²) in [6.45, 7) is 2.02. The molecule has 0 aliphatic heterocycles. The van der Waals surface area contributed by atoms with E-state index in [1.807, 2.05) is 91.9 Å². The highest BCUT2D eigenvalue weighted by Crippen LogP contribution is 2.33. The van der Waals surface area contributed by atoms with Crippen LogP contribution in [0.2, 0.25) is 5.02 Å². The van der Waals surface area contributed by atoms with Crippen molar-refractivity contribution in [1.82, 2.24) is 4.98 Å². The van der Waals surface area contributed by atoms with Gasteiger partial charge >= 0.3 is 5.97 Å².